The molecule has 0 spiro atoms. The highest BCUT2D eigenvalue weighted by atomic mass is 35.5. The van der Waals surface area contributed by atoms with E-state index in [2.05, 4.69) is 0 Å². The number of hydrogen-bond acceptors (Lipinski definition) is 4. The molecule has 0 aliphatic carbocycles. The van der Waals surface area contributed by atoms with Crippen molar-refractivity contribution >= 4 is 27.5 Å². The molecule has 1 saturated heterocycles. The number of carbonyl (C=O) groups excluding carboxylic acids is 1. The van der Waals surface area contributed by atoms with Gasteiger partial charge in [-0.15, -0.1) is 11.6 Å². The zero-order valence-electron chi connectivity index (χ0n) is 16.0. The van der Waals surface area contributed by atoms with Gasteiger partial charge < -0.3 is 9.64 Å². The summed E-state index contributed by atoms with van der Waals surface area (Å²) in [5.41, 5.74) is 1.65. The molecule has 0 saturated carbocycles. The molecule has 0 aromatic heterocycles. The van der Waals surface area contributed by atoms with Crippen LogP contribution in [0, 0.1) is 6.92 Å². The van der Waals surface area contributed by atoms with Crippen molar-refractivity contribution in [3.63, 3.8) is 0 Å². The Bertz CT molecular complexity index is 945. The Kier molecular flexibility index (Phi) is 5.98. The lowest BCUT2D eigenvalue weighted by atomic mass is 10.1. The first-order chi connectivity index (χ1) is 13.3. The first kappa shape index (κ1) is 20.6. The Morgan fingerprint density at radius 1 is 1.14 bits per heavy atom. The van der Waals surface area contributed by atoms with Crippen molar-refractivity contribution in [2.75, 3.05) is 19.5 Å². The monoisotopic (exact) mass is 422 g/mol. The number of rotatable bonds is 5. The minimum atomic E-state index is -3.81. The standard InChI is InChI=1S/C20H23ClN2O4S/c1-14-4-10-18(11-5-14)28(25,26)22-13-15(2)23(19(24)12-21)20(22)16-6-8-17(27-3)9-7-16/h4-11,15,20H,12-13H2,1-3H3. The van der Waals surface area contributed by atoms with Crippen molar-refractivity contribution in [3.8, 4) is 5.75 Å². The van der Waals surface area contributed by atoms with Crippen LogP contribution in [-0.2, 0) is 14.8 Å². The predicted octanol–water partition coefficient (Wildman–Crippen LogP) is 3.16. The molecule has 1 aliphatic rings. The van der Waals surface area contributed by atoms with Gasteiger partial charge in [0.2, 0.25) is 15.9 Å². The second-order valence-corrected chi connectivity index (χ2v) is 8.98. The van der Waals surface area contributed by atoms with Gasteiger partial charge in [-0.1, -0.05) is 29.8 Å². The molecule has 0 N–H and O–H groups in total. The largest absolute Gasteiger partial charge is 0.497 e. The third-order valence-corrected chi connectivity index (χ3v) is 6.96. The van der Waals surface area contributed by atoms with E-state index in [1.165, 1.54) is 4.31 Å². The van der Waals surface area contributed by atoms with Crippen LogP contribution in [-0.4, -0.2) is 49.1 Å². The summed E-state index contributed by atoms with van der Waals surface area (Å²) >= 11 is 5.82. The highest BCUT2D eigenvalue weighted by molar-refractivity contribution is 7.89. The van der Waals surface area contributed by atoms with Crippen LogP contribution < -0.4 is 4.74 Å². The van der Waals surface area contributed by atoms with Gasteiger partial charge in [0.05, 0.1) is 12.0 Å². The van der Waals surface area contributed by atoms with Crippen LogP contribution >= 0.6 is 11.6 Å². The molecular formula is C20H23ClN2O4S. The maximum Gasteiger partial charge on any atom is 0.245 e. The maximum absolute atomic E-state index is 13.4. The van der Waals surface area contributed by atoms with Gasteiger partial charge in [0, 0.05) is 12.6 Å². The van der Waals surface area contributed by atoms with Crippen LogP contribution in [0.2, 0.25) is 0 Å². The van der Waals surface area contributed by atoms with E-state index < -0.39 is 16.2 Å². The summed E-state index contributed by atoms with van der Waals surface area (Å²) in [4.78, 5) is 14.3. The van der Waals surface area contributed by atoms with Gasteiger partial charge in [-0.25, -0.2) is 8.42 Å². The number of aryl methyl sites for hydroxylation is 1. The molecule has 150 valence electrons. The van der Waals surface area contributed by atoms with E-state index in [9.17, 15) is 13.2 Å². The topological polar surface area (TPSA) is 66.9 Å². The Morgan fingerprint density at radius 2 is 1.75 bits per heavy atom. The van der Waals surface area contributed by atoms with E-state index in [0.29, 0.717) is 11.3 Å². The molecule has 28 heavy (non-hydrogen) atoms. The summed E-state index contributed by atoms with van der Waals surface area (Å²) in [6, 6.07) is 13.4. The molecular weight excluding hydrogens is 400 g/mol. The quantitative estimate of drug-likeness (QED) is 0.694. The lowest BCUT2D eigenvalue weighted by molar-refractivity contribution is -0.131. The lowest BCUT2D eigenvalue weighted by Gasteiger charge is -2.31. The van der Waals surface area contributed by atoms with Crippen molar-refractivity contribution < 1.29 is 17.9 Å². The number of carbonyl (C=O) groups is 1. The third-order valence-electron chi connectivity index (χ3n) is 4.90. The molecule has 0 radical (unpaired) electrons. The summed E-state index contributed by atoms with van der Waals surface area (Å²) in [7, 11) is -2.25. The van der Waals surface area contributed by atoms with Crippen molar-refractivity contribution in [2.45, 2.75) is 31.0 Å². The van der Waals surface area contributed by atoms with Gasteiger partial charge in [0.1, 0.15) is 17.8 Å². The molecule has 6 nitrogen and oxygen atoms in total. The number of methoxy groups -OCH3 is 1. The van der Waals surface area contributed by atoms with Crippen molar-refractivity contribution in [1.82, 2.24) is 9.21 Å². The van der Waals surface area contributed by atoms with Crippen molar-refractivity contribution in [2.24, 2.45) is 0 Å². The SMILES string of the molecule is COc1ccc(C2N(C(=O)CCl)C(C)CN2S(=O)(=O)c2ccc(C)cc2)cc1. The van der Waals surface area contributed by atoms with Gasteiger partial charge in [-0.2, -0.15) is 4.31 Å². The van der Waals surface area contributed by atoms with Gasteiger partial charge in [0.15, 0.2) is 0 Å². The van der Waals surface area contributed by atoms with Crippen molar-refractivity contribution in [3.05, 3.63) is 59.7 Å². The molecule has 2 atom stereocenters. The normalized spacial score (nSPS) is 20.4. The number of amides is 1. The fraction of sp³-hybridized carbons (Fsp3) is 0.350. The van der Waals surface area contributed by atoms with Gasteiger partial charge in [-0.05, 0) is 43.7 Å². The molecule has 3 rings (SSSR count). The van der Waals surface area contributed by atoms with Crippen molar-refractivity contribution in [1.29, 1.82) is 0 Å². The second kappa shape index (κ2) is 8.11. The van der Waals surface area contributed by atoms with Gasteiger partial charge in [-0.3, -0.25) is 4.79 Å². The molecule has 1 heterocycles. The van der Waals surface area contributed by atoms with Gasteiger partial charge in [0.25, 0.3) is 0 Å². The Balaban J connectivity index is 2.09. The minimum absolute atomic E-state index is 0.190. The summed E-state index contributed by atoms with van der Waals surface area (Å²) in [5, 5.41) is 0. The molecule has 8 heteroatoms. The fourth-order valence-corrected chi connectivity index (χ4v) is 5.24. The molecule has 2 aromatic carbocycles. The van der Waals surface area contributed by atoms with Crippen LogP contribution in [0.15, 0.2) is 53.4 Å². The van der Waals surface area contributed by atoms with Crippen LogP contribution in [0.5, 0.6) is 5.75 Å². The predicted molar refractivity (Wildman–Crippen MR) is 108 cm³/mol. The Labute approximate surface area is 170 Å². The van der Waals surface area contributed by atoms with Crippen LogP contribution in [0.4, 0.5) is 0 Å². The molecule has 1 amide bonds. The van der Waals surface area contributed by atoms with E-state index in [1.807, 2.05) is 13.8 Å². The lowest BCUT2D eigenvalue weighted by Crippen LogP contribution is -2.40. The van der Waals surface area contributed by atoms with E-state index in [1.54, 1.807) is 60.5 Å². The fourth-order valence-electron chi connectivity index (χ4n) is 3.46. The molecule has 2 unspecified atom stereocenters. The Hall–Kier alpha value is -2.09. The van der Waals surface area contributed by atoms with E-state index in [0.717, 1.165) is 5.56 Å². The maximum atomic E-state index is 13.4. The second-order valence-electron chi connectivity index (χ2n) is 6.82. The number of halogens is 1. The summed E-state index contributed by atoms with van der Waals surface area (Å²) in [5.74, 6) is 0.129. The molecule has 0 bridgehead atoms. The highest BCUT2D eigenvalue weighted by Crippen LogP contribution is 2.38. The summed E-state index contributed by atoms with van der Waals surface area (Å²) in [6.07, 6.45) is -0.765. The number of nitrogens with zero attached hydrogens (tertiary/aromatic N) is 2. The van der Waals surface area contributed by atoms with E-state index in [-0.39, 0.29) is 29.3 Å². The van der Waals surface area contributed by atoms with E-state index in [4.69, 9.17) is 16.3 Å². The number of ether oxygens (including phenoxy) is 1. The minimum Gasteiger partial charge on any atom is -0.497 e. The average Bonchev–Trinajstić information content (AvgIpc) is 3.05. The van der Waals surface area contributed by atoms with Gasteiger partial charge >= 0.3 is 0 Å². The number of alkyl halides is 1. The van der Waals surface area contributed by atoms with Crippen LogP contribution in [0.3, 0.4) is 0 Å². The zero-order chi connectivity index (χ0) is 20.5. The average molecular weight is 423 g/mol. The first-order valence-corrected chi connectivity index (χ1v) is 10.9. The third kappa shape index (κ3) is 3.74. The summed E-state index contributed by atoms with van der Waals surface area (Å²) in [6.45, 7) is 3.91. The smallest absolute Gasteiger partial charge is 0.245 e. The van der Waals surface area contributed by atoms with Crippen LogP contribution in [0.1, 0.15) is 24.2 Å². The number of benzene rings is 2. The highest BCUT2D eigenvalue weighted by Gasteiger charge is 2.46. The molecule has 2 aromatic rings. The Morgan fingerprint density at radius 3 is 2.29 bits per heavy atom. The van der Waals surface area contributed by atoms with E-state index >= 15 is 0 Å². The number of hydrogen-bond donors (Lipinski definition) is 0. The molecule has 1 aliphatic heterocycles. The zero-order valence-corrected chi connectivity index (χ0v) is 17.6. The van der Waals surface area contributed by atoms with Crippen LogP contribution in [0.25, 0.3) is 0 Å². The molecule has 1 fully saturated rings. The number of sulfonamides is 1. The first-order valence-electron chi connectivity index (χ1n) is 8.89. The summed E-state index contributed by atoms with van der Waals surface area (Å²) < 4.78 is 33.3.